The molecule has 1 aromatic carbocycles. The summed E-state index contributed by atoms with van der Waals surface area (Å²) in [7, 11) is 1.61. The smallest absolute Gasteiger partial charge is 0.247 e. The lowest BCUT2D eigenvalue weighted by atomic mass is 9.67. The number of likely N-dealkylation sites (N-methyl/N-ethyl adjacent to an activating group) is 1. The Kier molecular flexibility index (Phi) is 3.04. The summed E-state index contributed by atoms with van der Waals surface area (Å²) in [6.45, 7) is 2.93. The van der Waals surface area contributed by atoms with E-state index in [0.717, 1.165) is 0 Å². The first-order chi connectivity index (χ1) is 10.9. The summed E-state index contributed by atoms with van der Waals surface area (Å²) in [5, 5.41) is 9.63. The Morgan fingerprint density at radius 1 is 1.39 bits per heavy atom. The molecule has 6 nitrogen and oxygen atoms in total. The van der Waals surface area contributed by atoms with Crippen LogP contribution in [-0.4, -0.2) is 18.7 Å². The molecule has 2 aliphatic rings. The van der Waals surface area contributed by atoms with Crippen LogP contribution < -0.4 is 10.6 Å². The number of benzene rings is 1. The molecular weight excluding hydrogens is 294 g/mol. The number of para-hydroxylation sites is 1. The van der Waals surface area contributed by atoms with Gasteiger partial charge in [-0.2, -0.15) is 5.26 Å². The molecule has 0 saturated carbocycles. The van der Waals surface area contributed by atoms with Crippen LogP contribution in [0.15, 0.2) is 47.1 Å². The first-order valence-electron chi connectivity index (χ1n) is 7.05. The summed E-state index contributed by atoms with van der Waals surface area (Å²) >= 11 is 0. The second kappa shape index (κ2) is 4.71. The largest absolute Gasteiger partial charge is 0.445 e. The number of nitriles is 1. The van der Waals surface area contributed by atoms with E-state index in [4.69, 9.17) is 10.5 Å². The van der Waals surface area contributed by atoms with Crippen molar-refractivity contribution in [2.24, 2.45) is 5.73 Å². The van der Waals surface area contributed by atoms with Crippen LogP contribution in [0.25, 0.3) is 0 Å². The molecule has 0 aliphatic carbocycles. The molecule has 0 fully saturated rings. The van der Waals surface area contributed by atoms with Crippen LogP contribution in [0.4, 0.5) is 5.69 Å². The van der Waals surface area contributed by atoms with Gasteiger partial charge in [-0.25, -0.2) is 0 Å². The minimum atomic E-state index is -1.53. The van der Waals surface area contributed by atoms with Crippen LogP contribution in [-0.2, 0) is 19.7 Å². The maximum absolute atomic E-state index is 13.2. The highest BCUT2D eigenvalue weighted by molar-refractivity contribution is 6.19. The third-order valence-corrected chi connectivity index (χ3v) is 4.37. The van der Waals surface area contributed by atoms with Gasteiger partial charge in [0.25, 0.3) is 0 Å². The van der Waals surface area contributed by atoms with Gasteiger partial charge in [0.05, 0.1) is 5.57 Å². The molecule has 6 heteroatoms. The molecule has 2 N–H and O–H groups in total. The molecule has 0 bridgehead atoms. The highest BCUT2D eigenvalue weighted by Gasteiger charge is 2.60. The normalized spacial score (nSPS) is 23.0. The molecule has 0 radical (unpaired) electrons. The Hall–Kier alpha value is -3.07. The lowest BCUT2D eigenvalue weighted by Gasteiger charge is -2.34. The van der Waals surface area contributed by atoms with Crippen molar-refractivity contribution in [3.63, 3.8) is 0 Å². The molecule has 0 aromatic heterocycles. The van der Waals surface area contributed by atoms with E-state index < -0.39 is 5.41 Å². The zero-order chi connectivity index (χ0) is 16.9. The van der Waals surface area contributed by atoms with Crippen molar-refractivity contribution in [2.75, 3.05) is 11.9 Å². The van der Waals surface area contributed by atoms with E-state index in [1.807, 2.05) is 6.07 Å². The fraction of sp³-hybridized carbons (Fsp3) is 0.235. The van der Waals surface area contributed by atoms with Crippen molar-refractivity contribution < 1.29 is 14.3 Å². The van der Waals surface area contributed by atoms with Gasteiger partial charge in [0, 0.05) is 18.3 Å². The van der Waals surface area contributed by atoms with E-state index in [1.54, 1.807) is 38.2 Å². The van der Waals surface area contributed by atoms with Crippen molar-refractivity contribution in [2.45, 2.75) is 19.3 Å². The standard InChI is InChI=1S/C17H15N3O3/c1-9(21)14-10(2)23-15(19)12(8-18)17(14)11-6-4-5-7-13(11)20(3)16(17)22/h4-7H,19H2,1-3H3. The van der Waals surface area contributed by atoms with E-state index in [2.05, 4.69) is 0 Å². The molecule has 116 valence electrons. The first-order valence-corrected chi connectivity index (χ1v) is 7.05. The molecule has 23 heavy (non-hydrogen) atoms. The third kappa shape index (κ3) is 1.62. The Bertz CT molecular complexity index is 860. The Balaban J connectivity index is 2.50. The first kappa shape index (κ1) is 14.9. The van der Waals surface area contributed by atoms with Gasteiger partial charge >= 0.3 is 0 Å². The Labute approximate surface area is 133 Å². The number of rotatable bonds is 1. The van der Waals surface area contributed by atoms with Crippen molar-refractivity contribution in [3.05, 3.63) is 52.6 Å². The molecule has 2 aliphatic heterocycles. The number of amides is 1. The molecule has 1 spiro atoms. The zero-order valence-electron chi connectivity index (χ0n) is 13.0. The predicted octanol–water partition coefficient (Wildman–Crippen LogP) is 1.49. The number of nitrogens with two attached hydrogens (primary N) is 1. The summed E-state index contributed by atoms with van der Waals surface area (Å²) in [6, 6.07) is 9.05. The van der Waals surface area contributed by atoms with Crippen LogP contribution in [0.5, 0.6) is 0 Å². The second-order valence-corrected chi connectivity index (χ2v) is 5.57. The second-order valence-electron chi connectivity index (χ2n) is 5.57. The average Bonchev–Trinajstić information content (AvgIpc) is 2.71. The topological polar surface area (TPSA) is 96.4 Å². The number of carbonyl (C=O) groups excluding carboxylic acids is 2. The van der Waals surface area contributed by atoms with Gasteiger partial charge in [-0.1, -0.05) is 18.2 Å². The van der Waals surface area contributed by atoms with E-state index in [0.29, 0.717) is 11.3 Å². The number of Topliss-reactive ketones (excluding diaryl/α,β-unsaturated/α-hetero) is 1. The summed E-state index contributed by atoms with van der Waals surface area (Å²) in [5.41, 5.74) is 5.68. The van der Waals surface area contributed by atoms with Crippen molar-refractivity contribution >= 4 is 17.4 Å². The van der Waals surface area contributed by atoms with Crippen LogP contribution in [0.2, 0.25) is 0 Å². The minimum Gasteiger partial charge on any atom is -0.445 e. The molecule has 1 amide bonds. The van der Waals surface area contributed by atoms with Crippen LogP contribution >= 0.6 is 0 Å². The number of ketones is 1. The number of fused-ring (bicyclic) bond motifs is 2. The highest BCUT2D eigenvalue weighted by atomic mass is 16.5. The zero-order valence-corrected chi connectivity index (χ0v) is 13.0. The number of hydrogen-bond donors (Lipinski definition) is 1. The molecule has 1 atom stereocenters. The van der Waals surface area contributed by atoms with Crippen molar-refractivity contribution in [3.8, 4) is 6.07 Å². The van der Waals surface area contributed by atoms with E-state index in [9.17, 15) is 14.9 Å². The molecule has 1 unspecified atom stereocenters. The lowest BCUT2D eigenvalue weighted by Crippen LogP contribution is -2.47. The molecule has 2 heterocycles. The van der Waals surface area contributed by atoms with Crippen molar-refractivity contribution in [1.82, 2.24) is 0 Å². The Morgan fingerprint density at radius 3 is 2.65 bits per heavy atom. The van der Waals surface area contributed by atoms with Gasteiger partial charge in [-0.05, 0) is 19.9 Å². The lowest BCUT2D eigenvalue weighted by molar-refractivity contribution is -0.123. The maximum atomic E-state index is 13.2. The van der Waals surface area contributed by atoms with E-state index >= 15 is 0 Å². The molecule has 0 saturated heterocycles. The fourth-order valence-corrected chi connectivity index (χ4v) is 3.53. The number of carbonyl (C=O) groups is 2. The van der Waals surface area contributed by atoms with E-state index in [-0.39, 0.29) is 34.5 Å². The monoisotopic (exact) mass is 309 g/mol. The van der Waals surface area contributed by atoms with Gasteiger partial charge in [-0.3, -0.25) is 9.59 Å². The van der Waals surface area contributed by atoms with Gasteiger partial charge in [0.15, 0.2) is 5.78 Å². The van der Waals surface area contributed by atoms with Gasteiger partial charge in [0.1, 0.15) is 22.8 Å². The summed E-state index contributed by atoms with van der Waals surface area (Å²) in [4.78, 5) is 26.9. The summed E-state index contributed by atoms with van der Waals surface area (Å²) in [6.07, 6.45) is 0. The van der Waals surface area contributed by atoms with Crippen molar-refractivity contribution in [1.29, 1.82) is 5.26 Å². The number of nitrogens with zero attached hydrogens (tertiary/aromatic N) is 2. The number of ether oxygens (including phenoxy) is 1. The van der Waals surface area contributed by atoms with Crippen LogP contribution in [0, 0.1) is 11.3 Å². The fourth-order valence-electron chi connectivity index (χ4n) is 3.53. The number of allylic oxidation sites excluding steroid dienone is 1. The highest BCUT2D eigenvalue weighted by Crippen LogP contribution is 2.53. The van der Waals surface area contributed by atoms with Gasteiger partial charge in [0.2, 0.25) is 11.8 Å². The Morgan fingerprint density at radius 2 is 2.04 bits per heavy atom. The summed E-state index contributed by atoms with van der Waals surface area (Å²) < 4.78 is 5.37. The van der Waals surface area contributed by atoms with Gasteiger partial charge < -0.3 is 15.4 Å². The van der Waals surface area contributed by atoms with Gasteiger partial charge in [-0.15, -0.1) is 0 Å². The number of hydrogen-bond acceptors (Lipinski definition) is 5. The van der Waals surface area contributed by atoms with Crippen LogP contribution in [0.3, 0.4) is 0 Å². The molecule has 3 rings (SSSR count). The quantitative estimate of drug-likeness (QED) is 0.847. The average molecular weight is 309 g/mol. The third-order valence-electron chi connectivity index (χ3n) is 4.37. The SMILES string of the molecule is CC(=O)C1=C(C)OC(N)=C(C#N)C12C(=O)N(C)c1ccccc12. The van der Waals surface area contributed by atoms with E-state index in [1.165, 1.54) is 11.8 Å². The summed E-state index contributed by atoms with van der Waals surface area (Å²) in [5.74, 6) is -0.617. The molecule has 1 aromatic rings. The predicted molar refractivity (Wildman–Crippen MR) is 82.8 cm³/mol. The molecular formula is C17H15N3O3. The van der Waals surface area contributed by atoms with Crippen LogP contribution in [0.1, 0.15) is 19.4 Å². The number of anilines is 1. The minimum absolute atomic E-state index is 0.0462. The maximum Gasteiger partial charge on any atom is 0.247 e.